The molecule has 4 nitrogen and oxygen atoms in total. The molecule has 0 spiro atoms. The maximum atomic E-state index is 11.0. The molecule has 4 heteroatoms. The second kappa shape index (κ2) is 6.79. The van der Waals surface area contributed by atoms with E-state index in [9.17, 15) is 9.90 Å². The fourth-order valence-corrected chi connectivity index (χ4v) is 0.862. The van der Waals surface area contributed by atoms with Crippen LogP contribution in [-0.2, 0) is 9.53 Å². The van der Waals surface area contributed by atoms with E-state index in [1.165, 1.54) is 0 Å². The summed E-state index contributed by atoms with van der Waals surface area (Å²) in [6, 6.07) is 0. The highest BCUT2D eigenvalue weighted by atomic mass is 16.5. The Balaban J connectivity index is 3.49. The van der Waals surface area contributed by atoms with Crippen LogP contribution in [0.5, 0.6) is 0 Å². The lowest BCUT2D eigenvalue weighted by Gasteiger charge is -2.15. The number of aliphatic hydroxyl groups is 1. The van der Waals surface area contributed by atoms with Gasteiger partial charge < -0.3 is 15.2 Å². The van der Waals surface area contributed by atoms with Gasteiger partial charge in [-0.2, -0.15) is 0 Å². The number of rotatable bonds is 6. The van der Waals surface area contributed by atoms with Crippen molar-refractivity contribution in [2.45, 2.75) is 39.9 Å². The fraction of sp³-hybridized carbons (Fsp3) is 0.900. The van der Waals surface area contributed by atoms with Gasteiger partial charge in [0.05, 0.1) is 18.8 Å². The summed E-state index contributed by atoms with van der Waals surface area (Å²) < 4.78 is 4.91. The molecule has 0 aliphatic heterocycles. The van der Waals surface area contributed by atoms with Crippen molar-refractivity contribution < 1.29 is 14.6 Å². The van der Waals surface area contributed by atoms with Gasteiger partial charge in [-0.1, -0.05) is 13.8 Å². The third-order valence-corrected chi connectivity index (χ3v) is 1.76. The largest absolute Gasteiger partial charge is 0.462 e. The Hall–Kier alpha value is -0.610. The van der Waals surface area contributed by atoms with Crippen LogP contribution < -0.4 is 5.32 Å². The van der Waals surface area contributed by atoms with Crippen LogP contribution in [-0.4, -0.2) is 36.4 Å². The maximum Gasteiger partial charge on any atom is 0.320 e. The zero-order valence-corrected chi connectivity index (χ0v) is 9.41. The summed E-state index contributed by atoms with van der Waals surface area (Å²) in [6.45, 7) is 8.05. The zero-order chi connectivity index (χ0) is 11.1. The van der Waals surface area contributed by atoms with Crippen molar-refractivity contribution in [3.63, 3.8) is 0 Å². The van der Waals surface area contributed by atoms with Crippen LogP contribution in [0.25, 0.3) is 0 Å². The van der Waals surface area contributed by atoms with Gasteiger partial charge in [0.25, 0.3) is 0 Å². The van der Waals surface area contributed by atoms with Gasteiger partial charge in [-0.15, -0.1) is 0 Å². The van der Waals surface area contributed by atoms with E-state index in [1.54, 1.807) is 13.8 Å². The molecular weight excluding hydrogens is 182 g/mol. The van der Waals surface area contributed by atoms with E-state index in [1.807, 2.05) is 13.8 Å². The average molecular weight is 203 g/mol. The minimum atomic E-state index is -0.415. The molecule has 84 valence electrons. The monoisotopic (exact) mass is 203 g/mol. The lowest BCUT2D eigenvalue weighted by Crippen LogP contribution is -2.35. The minimum Gasteiger partial charge on any atom is -0.462 e. The number of carbonyl (C=O) groups is 1. The fourth-order valence-electron chi connectivity index (χ4n) is 0.862. The molecule has 0 aliphatic rings. The molecule has 14 heavy (non-hydrogen) atoms. The van der Waals surface area contributed by atoms with Crippen molar-refractivity contribution in [1.82, 2.24) is 5.32 Å². The topological polar surface area (TPSA) is 58.6 Å². The molecule has 0 fully saturated rings. The first-order valence-corrected chi connectivity index (χ1v) is 5.01. The van der Waals surface area contributed by atoms with Crippen molar-refractivity contribution in [2.24, 2.45) is 5.92 Å². The minimum absolute atomic E-state index is 0.0840. The van der Waals surface area contributed by atoms with E-state index >= 15 is 0 Å². The van der Waals surface area contributed by atoms with Crippen LogP contribution in [0, 0.1) is 5.92 Å². The standard InChI is InChI=1S/C10H21NO3/c1-7(2)9(12)5-11-6-10(13)14-8(3)4/h7-9,11-12H,5-6H2,1-4H3. The molecular formula is C10H21NO3. The SMILES string of the molecule is CC(C)OC(=O)CNCC(O)C(C)C. The molecule has 0 radical (unpaired) electrons. The van der Waals surface area contributed by atoms with Crippen molar-refractivity contribution in [3.05, 3.63) is 0 Å². The summed E-state index contributed by atoms with van der Waals surface area (Å²) in [5, 5.41) is 12.3. The lowest BCUT2D eigenvalue weighted by molar-refractivity contribution is -0.146. The lowest BCUT2D eigenvalue weighted by atomic mass is 10.1. The average Bonchev–Trinajstić information content (AvgIpc) is 2.02. The van der Waals surface area contributed by atoms with E-state index in [0.29, 0.717) is 6.54 Å². The number of nitrogens with one attached hydrogen (secondary N) is 1. The number of hydrogen-bond donors (Lipinski definition) is 2. The van der Waals surface area contributed by atoms with Crippen molar-refractivity contribution in [1.29, 1.82) is 0 Å². The summed E-state index contributed by atoms with van der Waals surface area (Å²) in [5.41, 5.74) is 0. The number of ether oxygens (including phenoxy) is 1. The molecule has 0 aliphatic carbocycles. The Kier molecular flexibility index (Phi) is 6.49. The third kappa shape index (κ3) is 6.86. The van der Waals surface area contributed by atoms with Crippen molar-refractivity contribution in [3.8, 4) is 0 Å². The Morgan fingerprint density at radius 1 is 1.36 bits per heavy atom. The van der Waals surface area contributed by atoms with Crippen LogP contribution in [0.3, 0.4) is 0 Å². The Morgan fingerprint density at radius 2 is 1.93 bits per heavy atom. The van der Waals surface area contributed by atoms with Crippen LogP contribution in [0.15, 0.2) is 0 Å². The summed E-state index contributed by atoms with van der Waals surface area (Å²) in [6.07, 6.45) is -0.499. The molecule has 1 unspecified atom stereocenters. The smallest absolute Gasteiger partial charge is 0.320 e. The number of hydrogen-bond acceptors (Lipinski definition) is 4. The number of carbonyl (C=O) groups excluding carboxylic acids is 1. The van der Waals surface area contributed by atoms with Crippen LogP contribution in [0.2, 0.25) is 0 Å². The second-order valence-electron chi connectivity index (χ2n) is 3.98. The van der Waals surface area contributed by atoms with Crippen LogP contribution >= 0.6 is 0 Å². The quantitative estimate of drug-likeness (QED) is 0.619. The van der Waals surface area contributed by atoms with Gasteiger partial charge in [0.1, 0.15) is 0 Å². The van der Waals surface area contributed by atoms with Gasteiger partial charge in [-0.05, 0) is 19.8 Å². The highest BCUT2D eigenvalue weighted by molar-refractivity contribution is 5.71. The predicted molar refractivity (Wildman–Crippen MR) is 54.9 cm³/mol. The first-order valence-electron chi connectivity index (χ1n) is 5.01. The first-order chi connectivity index (χ1) is 6.43. The van der Waals surface area contributed by atoms with Gasteiger partial charge >= 0.3 is 5.97 Å². The van der Waals surface area contributed by atoms with E-state index in [2.05, 4.69) is 5.32 Å². The Morgan fingerprint density at radius 3 is 2.36 bits per heavy atom. The van der Waals surface area contributed by atoms with Gasteiger partial charge in [-0.25, -0.2) is 0 Å². The summed E-state index contributed by atoms with van der Waals surface area (Å²) in [5.74, 6) is -0.0837. The van der Waals surface area contributed by atoms with E-state index in [4.69, 9.17) is 4.74 Å². The highest BCUT2D eigenvalue weighted by Gasteiger charge is 2.10. The van der Waals surface area contributed by atoms with Crippen LogP contribution in [0.4, 0.5) is 0 Å². The van der Waals surface area contributed by atoms with Crippen molar-refractivity contribution >= 4 is 5.97 Å². The number of esters is 1. The summed E-state index contributed by atoms with van der Waals surface area (Å²) in [4.78, 5) is 11.0. The molecule has 0 rings (SSSR count). The summed E-state index contributed by atoms with van der Waals surface area (Å²) in [7, 11) is 0. The Labute approximate surface area is 85.6 Å². The molecule has 0 saturated heterocycles. The molecule has 0 saturated carbocycles. The first kappa shape index (κ1) is 13.4. The van der Waals surface area contributed by atoms with E-state index < -0.39 is 6.10 Å². The second-order valence-corrected chi connectivity index (χ2v) is 3.98. The molecule has 2 N–H and O–H groups in total. The molecule has 0 aromatic carbocycles. The van der Waals surface area contributed by atoms with Gasteiger partial charge in [0.15, 0.2) is 0 Å². The molecule has 0 heterocycles. The van der Waals surface area contributed by atoms with E-state index in [-0.39, 0.29) is 24.5 Å². The predicted octanol–water partition coefficient (Wildman–Crippen LogP) is 0.544. The summed E-state index contributed by atoms with van der Waals surface area (Å²) >= 11 is 0. The van der Waals surface area contributed by atoms with Gasteiger partial charge in [-0.3, -0.25) is 4.79 Å². The molecule has 0 aromatic heterocycles. The molecule has 0 bridgehead atoms. The highest BCUT2D eigenvalue weighted by Crippen LogP contribution is 1.98. The molecule has 0 aromatic rings. The van der Waals surface area contributed by atoms with E-state index in [0.717, 1.165) is 0 Å². The van der Waals surface area contributed by atoms with Crippen LogP contribution in [0.1, 0.15) is 27.7 Å². The third-order valence-electron chi connectivity index (χ3n) is 1.76. The molecule has 1 atom stereocenters. The Bertz CT molecular complexity index is 169. The molecule has 0 amide bonds. The number of aliphatic hydroxyl groups excluding tert-OH is 1. The maximum absolute atomic E-state index is 11.0. The normalized spacial score (nSPS) is 13.4. The zero-order valence-electron chi connectivity index (χ0n) is 9.41. The van der Waals surface area contributed by atoms with Gasteiger partial charge in [0, 0.05) is 6.54 Å². The van der Waals surface area contributed by atoms with Gasteiger partial charge in [0.2, 0.25) is 0 Å². The van der Waals surface area contributed by atoms with Crippen molar-refractivity contribution in [2.75, 3.05) is 13.1 Å².